The van der Waals surface area contributed by atoms with Crippen LogP contribution in [0.1, 0.15) is 122 Å². The minimum Gasteiger partial charge on any atom is -0.461 e. The van der Waals surface area contributed by atoms with E-state index in [1.54, 1.807) is 30.6 Å². The third-order valence-corrected chi connectivity index (χ3v) is 19.4. The fourth-order valence-corrected chi connectivity index (χ4v) is 15.5. The smallest absolute Gasteiger partial charge is 0.319 e. The number of benzene rings is 4. The maximum absolute atomic E-state index is 17.9. The third-order valence-electron chi connectivity index (χ3n) is 19.4. The summed E-state index contributed by atoms with van der Waals surface area (Å²) in [6, 6.07) is 21.1. The van der Waals surface area contributed by atoms with Gasteiger partial charge in [0.15, 0.2) is 11.6 Å². The molecule has 0 bridgehead atoms. The molecule has 0 saturated carbocycles. The van der Waals surface area contributed by atoms with E-state index in [0.717, 1.165) is 126 Å². The molecule has 8 aromatic rings. The van der Waals surface area contributed by atoms with Gasteiger partial charge in [-0.3, -0.25) is 19.8 Å². The molecule has 4 aromatic carbocycles. The van der Waals surface area contributed by atoms with E-state index in [9.17, 15) is 5.11 Å². The van der Waals surface area contributed by atoms with Gasteiger partial charge in [-0.05, 0) is 149 Å². The molecule has 0 amide bonds. The number of aromatic nitrogens is 6. The first kappa shape index (κ1) is 52.3. The summed E-state index contributed by atoms with van der Waals surface area (Å²) >= 11 is 0. The van der Waals surface area contributed by atoms with Crippen molar-refractivity contribution in [1.82, 2.24) is 39.7 Å². The number of fused-ring (bicyclic) bond motifs is 6. The molecule has 0 spiro atoms. The Kier molecular flexibility index (Phi) is 12.9. The van der Waals surface area contributed by atoms with Crippen LogP contribution in [0.4, 0.5) is 24.8 Å². The van der Waals surface area contributed by atoms with Crippen molar-refractivity contribution in [3.05, 3.63) is 108 Å². The van der Waals surface area contributed by atoms with Crippen LogP contribution in [0.15, 0.2) is 79.1 Å². The average molecular weight is 1100 g/mol. The molecule has 1 N–H and O–H groups in total. The van der Waals surface area contributed by atoms with Gasteiger partial charge < -0.3 is 24.4 Å². The number of pyridine rings is 2. The van der Waals surface area contributed by atoms with E-state index in [1.807, 2.05) is 36.1 Å². The second-order valence-corrected chi connectivity index (χ2v) is 25.3. The molecule has 6 aliphatic heterocycles. The quantitative estimate of drug-likeness (QED) is 0.125. The van der Waals surface area contributed by atoms with Gasteiger partial charge >= 0.3 is 12.0 Å². The fourth-order valence-electron chi connectivity index (χ4n) is 15.5. The third kappa shape index (κ3) is 9.00. The van der Waals surface area contributed by atoms with E-state index in [0.29, 0.717) is 77.0 Å². The van der Waals surface area contributed by atoms with Crippen LogP contribution in [-0.4, -0.2) is 121 Å². The zero-order valence-electron chi connectivity index (χ0n) is 47.0. The molecule has 4 aromatic heterocycles. The number of anilines is 2. The lowest BCUT2D eigenvalue weighted by molar-refractivity contribution is 0.0447. The number of rotatable bonds is 12. The number of aryl methyl sites for hydroxylation is 1. The summed E-state index contributed by atoms with van der Waals surface area (Å²) in [6.07, 6.45) is 15.5. The van der Waals surface area contributed by atoms with Crippen molar-refractivity contribution >= 4 is 55.0 Å². The fraction of sp³-hybridized carbons (Fsp3) is 0.477. The number of halogens is 3. The first-order valence-electron chi connectivity index (χ1n) is 29.7. The van der Waals surface area contributed by atoms with Gasteiger partial charge in [-0.15, -0.1) is 0 Å². The van der Waals surface area contributed by atoms with E-state index in [-0.39, 0.29) is 57.0 Å². The van der Waals surface area contributed by atoms with Gasteiger partial charge in [0.25, 0.3) is 0 Å². The van der Waals surface area contributed by atoms with E-state index >= 15 is 13.2 Å². The standard InChI is InChI=1S/C65H71F3N10O3/c1-5-40-20-21-42(43-16-8-18-44(50(40)43)54-52(67)57-47(35-69-54)59(76-30-10-24-63(4,79)37-76)74-60(71-57)80-38-64-25-11-31-77(64)32-12-26-64)49-22-28-65(27-13-33-78(49)65)39-81-61-72-56-46(58(73-61)75-29-9-23-62(2,3)36-75)34-70-55(53(56)68)45-17-6-14-41-15-7-19-48(66)51(41)45/h6-8,14-21,34-35,49,79H,5,9-13,22-33,36-39H2,1-4H3. The second kappa shape index (κ2) is 20.0. The molecule has 13 nitrogen and oxygen atoms in total. The average Bonchev–Trinajstić information content (AvgIpc) is 4.43. The topological polar surface area (TPSA) is 129 Å². The summed E-state index contributed by atoms with van der Waals surface area (Å²) in [4.78, 5) is 38.8. The lowest BCUT2D eigenvalue weighted by atomic mass is 9.84. The van der Waals surface area contributed by atoms with Crippen LogP contribution < -0.4 is 19.3 Å². The molecule has 0 aliphatic carbocycles. The van der Waals surface area contributed by atoms with Crippen LogP contribution in [0.25, 0.3) is 65.9 Å². The molecule has 3 atom stereocenters. The van der Waals surface area contributed by atoms with Gasteiger partial charge in [0.05, 0.1) is 27.5 Å². The highest BCUT2D eigenvalue weighted by atomic mass is 19.1. The summed E-state index contributed by atoms with van der Waals surface area (Å²) < 4.78 is 64.1. The highest BCUT2D eigenvalue weighted by Gasteiger charge is 2.51. The molecule has 6 aliphatic rings. The lowest BCUT2D eigenvalue weighted by Gasteiger charge is -2.39. The number of β-amino-alcohol motifs (C(OH)–C–C–N with tert-alkyl or cyclic N) is 1. The molecule has 16 heteroatoms. The van der Waals surface area contributed by atoms with Gasteiger partial charge in [-0.25, -0.2) is 13.2 Å². The molecule has 6 saturated heterocycles. The monoisotopic (exact) mass is 1100 g/mol. The van der Waals surface area contributed by atoms with Crippen LogP contribution in [0, 0.1) is 22.9 Å². The molecule has 81 heavy (non-hydrogen) atoms. The summed E-state index contributed by atoms with van der Waals surface area (Å²) in [5.41, 5.74) is 2.50. The van der Waals surface area contributed by atoms with E-state index in [2.05, 4.69) is 58.7 Å². The van der Waals surface area contributed by atoms with Crippen molar-refractivity contribution in [2.75, 3.05) is 68.8 Å². The minimum absolute atomic E-state index is 0.00731. The Balaban J connectivity index is 0.807. The number of ether oxygens (including phenoxy) is 2. The van der Waals surface area contributed by atoms with Crippen LogP contribution in [0.2, 0.25) is 0 Å². The molecule has 6 fully saturated rings. The SMILES string of the molecule is CCc1ccc(C2CCC3(COc4nc(N5CCCC(C)(C)C5)c5cnc(-c6cccc7cccc(F)c67)c(F)c5n4)CCCN23)c2cccc(-c3ncc4c(N5CCCC(C)(O)C5)nc(OCC56CCCN5CCC6)nc4c3F)c12. The van der Waals surface area contributed by atoms with Crippen molar-refractivity contribution in [2.24, 2.45) is 5.41 Å². The van der Waals surface area contributed by atoms with Crippen molar-refractivity contribution in [1.29, 1.82) is 0 Å². The normalized spacial score (nSPS) is 23.8. The summed E-state index contributed by atoms with van der Waals surface area (Å²) in [5, 5.41) is 15.2. The van der Waals surface area contributed by atoms with Crippen molar-refractivity contribution < 1.29 is 27.8 Å². The number of piperidine rings is 2. The molecular weight excluding hydrogens is 1030 g/mol. The zero-order chi connectivity index (χ0) is 55.4. The van der Waals surface area contributed by atoms with Crippen molar-refractivity contribution in [2.45, 2.75) is 134 Å². The number of hydrogen-bond acceptors (Lipinski definition) is 13. The zero-order valence-corrected chi connectivity index (χ0v) is 47.0. The molecule has 0 radical (unpaired) electrons. The minimum atomic E-state index is -0.929. The maximum atomic E-state index is 17.9. The summed E-state index contributed by atoms with van der Waals surface area (Å²) in [7, 11) is 0. The number of nitrogens with zero attached hydrogens (tertiary/aromatic N) is 10. The van der Waals surface area contributed by atoms with Crippen molar-refractivity contribution in [3.63, 3.8) is 0 Å². The predicted molar refractivity (Wildman–Crippen MR) is 312 cm³/mol. The van der Waals surface area contributed by atoms with Gasteiger partial charge in [0, 0.05) is 61.1 Å². The molecule has 3 unspecified atom stereocenters. The van der Waals surface area contributed by atoms with Crippen LogP contribution in [0.3, 0.4) is 0 Å². The molecule has 14 rings (SSSR count). The van der Waals surface area contributed by atoms with Gasteiger partial charge in [-0.2, -0.15) is 19.9 Å². The molecule has 10 heterocycles. The molecular formula is C65H71F3N10O3. The van der Waals surface area contributed by atoms with E-state index in [4.69, 9.17) is 34.4 Å². The lowest BCUT2D eigenvalue weighted by Crippen LogP contribution is -2.46. The van der Waals surface area contributed by atoms with Crippen LogP contribution in [-0.2, 0) is 6.42 Å². The summed E-state index contributed by atoms with van der Waals surface area (Å²) in [5.74, 6) is -0.504. The van der Waals surface area contributed by atoms with Gasteiger partial charge in [-0.1, -0.05) is 81.4 Å². The number of aliphatic hydroxyl groups is 1. The van der Waals surface area contributed by atoms with Gasteiger partial charge in [0.2, 0.25) is 0 Å². The Hall–Kier alpha value is -6.75. The highest BCUT2D eigenvalue weighted by Crippen LogP contribution is 2.52. The first-order chi connectivity index (χ1) is 39.2. The van der Waals surface area contributed by atoms with E-state index < -0.39 is 23.1 Å². The Morgan fingerprint density at radius 2 is 1.17 bits per heavy atom. The Bertz CT molecular complexity index is 3790. The Labute approximate surface area is 470 Å². The van der Waals surface area contributed by atoms with Crippen molar-refractivity contribution in [3.8, 4) is 34.5 Å². The number of hydrogen-bond donors (Lipinski definition) is 1. The summed E-state index contributed by atoms with van der Waals surface area (Å²) in [6.45, 7) is 14.7. The maximum Gasteiger partial charge on any atom is 0.319 e. The van der Waals surface area contributed by atoms with Crippen LogP contribution in [0.5, 0.6) is 12.0 Å². The van der Waals surface area contributed by atoms with Crippen LogP contribution >= 0.6 is 0 Å². The highest BCUT2D eigenvalue weighted by molar-refractivity contribution is 6.03. The first-order valence-corrected chi connectivity index (χ1v) is 29.7. The largest absolute Gasteiger partial charge is 0.461 e. The van der Waals surface area contributed by atoms with E-state index in [1.165, 1.54) is 11.6 Å². The Morgan fingerprint density at radius 3 is 1.83 bits per heavy atom. The second-order valence-electron chi connectivity index (χ2n) is 25.3. The predicted octanol–water partition coefficient (Wildman–Crippen LogP) is 12.7. The Morgan fingerprint density at radius 1 is 0.593 bits per heavy atom. The van der Waals surface area contributed by atoms with Gasteiger partial charge in [0.1, 0.15) is 53.1 Å². The molecule has 420 valence electrons.